The molecular formula is C14H23ClN2O2. The third-order valence-corrected chi connectivity index (χ3v) is 2.66. The summed E-state index contributed by atoms with van der Waals surface area (Å²) in [4.78, 5) is 11.4. The number of methoxy groups -OCH3 is 1. The van der Waals surface area contributed by atoms with Crippen molar-refractivity contribution < 1.29 is 9.53 Å². The van der Waals surface area contributed by atoms with Gasteiger partial charge in [-0.2, -0.15) is 0 Å². The van der Waals surface area contributed by atoms with Gasteiger partial charge in [0, 0.05) is 19.0 Å². The fourth-order valence-corrected chi connectivity index (χ4v) is 1.80. The van der Waals surface area contributed by atoms with Crippen molar-refractivity contribution in [2.75, 3.05) is 13.7 Å². The van der Waals surface area contributed by atoms with E-state index in [1.54, 1.807) is 7.11 Å². The lowest BCUT2D eigenvalue weighted by molar-refractivity contribution is -0.121. The summed E-state index contributed by atoms with van der Waals surface area (Å²) in [7, 11) is 1.66. The summed E-state index contributed by atoms with van der Waals surface area (Å²) in [6, 6.07) is 5.95. The van der Waals surface area contributed by atoms with Crippen LogP contribution in [0, 0.1) is 6.92 Å². The van der Waals surface area contributed by atoms with Crippen LogP contribution < -0.4 is 15.8 Å². The van der Waals surface area contributed by atoms with E-state index in [9.17, 15) is 4.79 Å². The van der Waals surface area contributed by atoms with Gasteiger partial charge < -0.3 is 15.8 Å². The van der Waals surface area contributed by atoms with Gasteiger partial charge in [-0.1, -0.05) is 17.7 Å². The molecule has 1 atom stereocenters. The Morgan fingerprint density at radius 1 is 1.47 bits per heavy atom. The Morgan fingerprint density at radius 3 is 2.74 bits per heavy atom. The first-order chi connectivity index (χ1) is 8.52. The van der Waals surface area contributed by atoms with Crippen LogP contribution in [-0.2, 0) is 11.2 Å². The van der Waals surface area contributed by atoms with Crippen LogP contribution in [0.4, 0.5) is 0 Å². The number of nitrogens with one attached hydrogen (secondary N) is 1. The van der Waals surface area contributed by atoms with Gasteiger partial charge in [-0.05, 0) is 31.9 Å². The molecule has 1 aromatic rings. The van der Waals surface area contributed by atoms with Crippen LogP contribution in [0.25, 0.3) is 0 Å². The first-order valence-corrected chi connectivity index (χ1v) is 6.18. The van der Waals surface area contributed by atoms with E-state index in [1.165, 1.54) is 5.56 Å². The van der Waals surface area contributed by atoms with Crippen molar-refractivity contribution in [3.63, 3.8) is 0 Å². The third kappa shape index (κ3) is 6.45. The lowest BCUT2D eigenvalue weighted by Gasteiger charge is -2.11. The van der Waals surface area contributed by atoms with Crippen LogP contribution in [0.15, 0.2) is 18.2 Å². The predicted octanol–water partition coefficient (Wildman–Crippen LogP) is 1.82. The number of nitrogens with two attached hydrogens (primary N) is 1. The van der Waals surface area contributed by atoms with Crippen LogP contribution >= 0.6 is 12.4 Å². The van der Waals surface area contributed by atoms with Gasteiger partial charge in [0.05, 0.1) is 7.11 Å². The predicted molar refractivity (Wildman–Crippen MR) is 80.0 cm³/mol. The van der Waals surface area contributed by atoms with Gasteiger partial charge in [-0.25, -0.2) is 0 Å². The third-order valence-electron chi connectivity index (χ3n) is 2.66. The highest BCUT2D eigenvalue weighted by molar-refractivity contribution is 5.85. The highest BCUT2D eigenvalue weighted by Crippen LogP contribution is 2.19. The average Bonchev–Trinajstić information content (AvgIpc) is 2.28. The molecule has 3 N–H and O–H groups in total. The Labute approximate surface area is 121 Å². The maximum atomic E-state index is 11.4. The summed E-state index contributed by atoms with van der Waals surface area (Å²) in [5.41, 5.74) is 7.86. The molecule has 1 unspecified atom stereocenters. The second-order valence-corrected chi connectivity index (χ2v) is 4.60. The monoisotopic (exact) mass is 286 g/mol. The number of aryl methyl sites for hydroxylation is 1. The molecule has 0 aliphatic rings. The summed E-state index contributed by atoms with van der Waals surface area (Å²) in [6.45, 7) is 4.46. The number of amides is 1. The van der Waals surface area contributed by atoms with Crippen molar-refractivity contribution in [1.82, 2.24) is 5.32 Å². The van der Waals surface area contributed by atoms with Gasteiger partial charge in [0.25, 0.3) is 0 Å². The summed E-state index contributed by atoms with van der Waals surface area (Å²) in [6.07, 6.45) is 1.13. The number of halogens is 1. The van der Waals surface area contributed by atoms with Gasteiger partial charge in [-0.3, -0.25) is 4.79 Å². The number of hydrogen-bond acceptors (Lipinski definition) is 3. The van der Waals surface area contributed by atoms with Crippen molar-refractivity contribution >= 4 is 18.3 Å². The molecule has 1 rings (SSSR count). The Hall–Kier alpha value is -1.26. The zero-order valence-corrected chi connectivity index (χ0v) is 12.5. The standard InChI is InChI=1S/C14H22N2O2.ClH/c1-10-4-5-13(18-3)12(8-10)6-7-16-14(17)9-11(2)15;/h4-5,8,11H,6-7,9,15H2,1-3H3,(H,16,17);1H. The first-order valence-electron chi connectivity index (χ1n) is 6.18. The van der Waals surface area contributed by atoms with Crippen molar-refractivity contribution in [2.24, 2.45) is 5.73 Å². The van der Waals surface area contributed by atoms with E-state index < -0.39 is 0 Å². The van der Waals surface area contributed by atoms with Crippen LogP contribution in [-0.4, -0.2) is 25.6 Å². The molecule has 1 amide bonds. The summed E-state index contributed by atoms with van der Waals surface area (Å²) in [5.74, 6) is 0.860. The minimum absolute atomic E-state index is 0. The Balaban J connectivity index is 0.00000324. The lowest BCUT2D eigenvalue weighted by Crippen LogP contribution is -2.31. The lowest BCUT2D eigenvalue weighted by atomic mass is 10.1. The fraction of sp³-hybridized carbons (Fsp3) is 0.500. The van der Waals surface area contributed by atoms with Crippen molar-refractivity contribution in [3.05, 3.63) is 29.3 Å². The second-order valence-electron chi connectivity index (χ2n) is 4.60. The largest absolute Gasteiger partial charge is 0.496 e. The molecule has 0 aliphatic heterocycles. The van der Waals surface area contributed by atoms with Gasteiger partial charge in [0.2, 0.25) is 5.91 Å². The molecule has 0 aromatic heterocycles. The smallest absolute Gasteiger partial charge is 0.221 e. The highest BCUT2D eigenvalue weighted by atomic mass is 35.5. The molecule has 0 bridgehead atoms. The van der Waals surface area contributed by atoms with E-state index in [1.807, 2.05) is 26.0 Å². The molecule has 19 heavy (non-hydrogen) atoms. The number of benzene rings is 1. The van der Waals surface area contributed by atoms with Crippen LogP contribution in [0.5, 0.6) is 5.75 Å². The second kappa shape index (κ2) is 8.77. The molecular weight excluding hydrogens is 264 g/mol. The molecule has 108 valence electrons. The molecule has 4 nitrogen and oxygen atoms in total. The van der Waals surface area contributed by atoms with Crippen molar-refractivity contribution in [1.29, 1.82) is 0 Å². The van der Waals surface area contributed by atoms with Crippen molar-refractivity contribution in [2.45, 2.75) is 32.7 Å². The normalized spacial score (nSPS) is 11.4. The van der Waals surface area contributed by atoms with E-state index >= 15 is 0 Å². The van der Waals surface area contributed by atoms with Gasteiger partial charge >= 0.3 is 0 Å². The Morgan fingerprint density at radius 2 is 2.16 bits per heavy atom. The van der Waals surface area contributed by atoms with Crippen LogP contribution in [0.1, 0.15) is 24.5 Å². The quantitative estimate of drug-likeness (QED) is 0.838. The number of rotatable bonds is 6. The van der Waals surface area contributed by atoms with E-state index in [2.05, 4.69) is 11.4 Å². The minimum atomic E-state index is -0.0986. The zero-order chi connectivity index (χ0) is 13.5. The fourth-order valence-electron chi connectivity index (χ4n) is 1.80. The molecule has 0 heterocycles. The van der Waals surface area contributed by atoms with Crippen LogP contribution in [0.2, 0.25) is 0 Å². The summed E-state index contributed by atoms with van der Waals surface area (Å²) in [5, 5.41) is 2.86. The number of carbonyl (C=O) groups excluding carboxylic acids is 1. The van der Waals surface area contributed by atoms with E-state index in [4.69, 9.17) is 10.5 Å². The summed E-state index contributed by atoms with van der Waals surface area (Å²) >= 11 is 0. The molecule has 0 fully saturated rings. The molecule has 0 saturated carbocycles. The zero-order valence-electron chi connectivity index (χ0n) is 11.7. The minimum Gasteiger partial charge on any atom is -0.496 e. The van der Waals surface area contributed by atoms with E-state index in [0.717, 1.165) is 17.7 Å². The SMILES string of the molecule is COc1ccc(C)cc1CCNC(=O)CC(C)N.Cl. The highest BCUT2D eigenvalue weighted by Gasteiger charge is 2.06. The van der Waals surface area contributed by atoms with E-state index in [0.29, 0.717) is 13.0 Å². The Kier molecular flexibility index (Phi) is 8.19. The topological polar surface area (TPSA) is 64.3 Å². The molecule has 0 radical (unpaired) electrons. The summed E-state index contributed by atoms with van der Waals surface area (Å²) < 4.78 is 5.29. The van der Waals surface area contributed by atoms with Gasteiger partial charge in [0.15, 0.2) is 0 Å². The van der Waals surface area contributed by atoms with Gasteiger partial charge in [-0.15, -0.1) is 12.4 Å². The molecule has 0 aliphatic carbocycles. The molecule has 1 aromatic carbocycles. The van der Waals surface area contributed by atoms with Crippen LogP contribution in [0.3, 0.4) is 0 Å². The number of carbonyl (C=O) groups is 1. The van der Waals surface area contributed by atoms with E-state index in [-0.39, 0.29) is 24.4 Å². The Bertz CT molecular complexity index is 408. The molecule has 0 spiro atoms. The average molecular weight is 287 g/mol. The van der Waals surface area contributed by atoms with Gasteiger partial charge in [0.1, 0.15) is 5.75 Å². The molecule has 0 saturated heterocycles. The number of ether oxygens (including phenoxy) is 1. The number of hydrogen-bond donors (Lipinski definition) is 2. The molecule has 5 heteroatoms. The first kappa shape index (κ1) is 17.7. The van der Waals surface area contributed by atoms with Crippen molar-refractivity contribution in [3.8, 4) is 5.75 Å². The maximum Gasteiger partial charge on any atom is 0.221 e. The maximum absolute atomic E-state index is 11.4.